The van der Waals surface area contributed by atoms with Crippen molar-refractivity contribution in [3.8, 4) is 0 Å². The third kappa shape index (κ3) is 6.54. The second-order valence-corrected chi connectivity index (χ2v) is 7.68. The van der Waals surface area contributed by atoms with E-state index in [1.165, 1.54) is 0 Å². The zero-order valence-corrected chi connectivity index (χ0v) is 14.2. The maximum Gasteiger partial charge on any atom is 0.372 e. The summed E-state index contributed by atoms with van der Waals surface area (Å²) in [7, 11) is -7.21. The van der Waals surface area contributed by atoms with E-state index in [0.717, 1.165) is 5.82 Å². The van der Waals surface area contributed by atoms with Gasteiger partial charge in [-0.2, -0.15) is 0 Å². The van der Waals surface area contributed by atoms with Crippen LogP contribution in [0.2, 0.25) is 0 Å². The molecule has 0 rings (SSSR count). The van der Waals surface area contributed by atoms with Crippen molar-refractivity contribution in [3.05, 3.63) is 10.6 Å². The van der Waals surface area contributed by atoms with Crippen molar-refractivity contribution in [3.63, 3.8) is 0 Å². The molecule has 9 heteroatoms. The highest BCUT2D eigenvalue weighted by atomic mass is 35.5. The van der Waals surface area contributed by atoms with Crippen LogP contribution in [-0.2, 0) is 27.2 Å². The predicted octanol–water partition coefficient (Wildman–Crippen LogP) is 4.56. The van der Waals surface area contributed by atoms with E-state index in [9.17, 15) is 9.13 Å². The van der Waals surface area contributed by atoms with Crippen LogP contribution in [-0.4, -0.2) is 26.4 Å². The van der Waals surface area contributed by atoms with Crippen LogP contribution in [0, 0.1) is 0 Å². The molecule has 0 aromatic carbocycles. The van der Waals surface area contributed by atoms with E-state index in [-0.39, 0.29) is 31.2 Å². The average Bonchev–Trinajstić information content (AvgIpc) is 2.29. The molecule has 0 bridgehead atoms. The predicted molar refractivity (Wildman–Crippen MR) is 75.7 cm³/mol. The molecule has 0 aliphatic carbocycles. The second kappa shape index (κ2) is 9.30. The van der Waals surface area contributed by atoms with Gasteiger partial charge in [0, 0.05) is 0 Å². The maximum absolute atomic E-state index is 12.3. The molecule has 0 spiro atoms. The normalized spacial score (nSPS) is 13.8. The lowest BCUT2D eigenvalue weighted by Gasteiger charge is -2.18. The highest BCUT2D eigenvalue weighted by Crippen LogP contribution is 2.62. The van der Waals surface area contributed by atoms with Gasteiger partial charge >= 0.3 is 15.2 Å². The Bertz CT molecular complexity index is 364. The quantitative estimate of drug-likeness (QED) is 0.545. The molecule has 19 heavy (non-hydrogen) atoms. The van der Waals surface area contributed by atoms with Crippen LogP contribution in [0.15, 0.2) is 10.6 Å². The zero-order valence-electron chi connectivity index (χ0n) is 11.6. The standard InChI is InChI=1S/C10H21ClO6P2/c1-5-14-18(12,15-6-2)9-10(11)19(13,16-7-3)17-8-4/h9H,5-8H2,1-4H3/b10-9-. The van der Waals surface area contributed by atoms with Gasteiger partial charge in [0.1, 0.15) is 4.77 Å². The monoisotopic (exact) mass is 334 g/mol. The molecule has 0 radical (unpaired) electrons. The lowest BCUT2D eigenvalue weighted by Crippen LogP contribution is -1.98. The van der Waals surface area contributed by atoms with Gasteiger partial charge in [-0.3, -0.25) is 9.13 Å². The highest BCUT2D eigenvalue weighted by molar-refractivity contribution is 7.64. The van der Waals surface area contributed by atoms with Crippen molar-refractivity contribution in [1.29, 1.82) is 0 Å². The van der Waals surface area contributed by atoms with E-state index in [1.54, 1.807) is 27.7 Å². The van der Waals surface area contributed by atoms with E-state index in [4.69, 9.17) is 29.7 Å². The van der Waals surface area contributed by atoms with E-state index < -0.39 is 15.2 Å². The minimum atomic E-state index is -3.66. The molecule has 114 valence electrons. The van der Waals surface area contributed by atoms with E-state index in [0.29, 0.717) is 0 Å². The lowest BCUT2D eigenvalue weighted by atomic mass is 10.9. The summed E-state index contributed by atoms with van der Waals surface area (Å²) < 4.78 is 44.4. The number of rotatable bonds is 10. The summed E-state index contributed by atoms with van der Waals surface area (Å²) >= 11 is 5.92. The first-order chi connectivity index (χ1) is 8.87. The molecule has 0 aliphatic heterocycles. The Balaban J connectivity index is 5.29. The molecular formula is C10H21ClO6P2. The van der Waals surface area contributed by atoms with Crippen molar-refractivity contribution in [1.82, 2.24) is 0 Å². The fourth-order valence-corrected chi connectivity index (χ4v) is 5.02. The fourth-order valence-electron chi connectivity index (χ4n) is 1.17. The molecule has 0 aromatic rings. The Kier molecular flexibility index (Phi) is 9.46. The van der Waals surface area contributed by atoms with Crippen LogP contribution in [0.5, 0.6) is 0 Å². The van der Waals surface area contributed by atoms with Gasteiger partial charge in [0.05, 0.1) is 32.2 Å². The van der Waals surface area contributed by atoms with Gasteiger partial charge in [-0.05, 0) is 27.7 Å². The van der Waals surface area contributed by atoms with Crippen LogP contribution in [0.25, 0.3) is 0 Å². The smallest absolute Gasteiger partial charge is 0.306 e. The van der Waals surface area contributed by atoms with Crippen molar-refractivity contribution in [2.45, 2.75) is 27.7 Å². The Morgan fingerprint density at radius 1 is 0.895 bits per heavy atom. The maximum atomic E-state index is 12.3. The topological polar surface area (TPSA) is 71.1 Å². The average molecular weight is 335 g/mol. The third-order valence-corrected chi connectivity index (χ3v) is 6.49. The zero-order chi connectivity index (χ0) is 14.9. The number of hydrogen-bond donors (Lipinski definition) is 0. The highest BCUT2D eigenvalue weighted by Gasteiger charge is 2.33. The molecule has 0 unspecified atom stereocenters. The molecule has 0 amide bonds. The molecule has 0 saturated heterocycles. The second-order valence-electron chi connectivity index (χ2n) is 3.16. The van der Waals surface area contributed by atoms with Gasteiger partial charge < -0.3 is 18.1 Å². The molecule has 0 aliphatic rings. The minimum Gasteiger partial charge on any atom is -0.306 e. The van der Waals surface area contributed by atoms with Crippen LogP contribution in [0.1, 0.15) is 27.7 Å². The summed E-state index contributed by atoms with van der Waals surface area (Å²) in [4.78, 5) is 0. The Morgan fingerprint density at radius 2 is 1.26 bits per heavy atom. The van der Waals surface area contributed by atoms with Crippen molar-refractivity contribution >= 4 is 26.8 Å². The van der Waals surface area contributed by atoms with Gasteiger partial charge in [0.15, 0.2) is 0 Å². The molecule has 0 heterocycles. The number of halogens is 1. The fraction of sp³-hybridized carbons (Fsp3) is 0.800. The Labute approximate surface area is 119 Å². The molecule has 0 fully saturated rings. The summed E-state index contributed by atoms with van der Waals surface area (Å²) in [6.07, 6.45) is 0. The van der Waals surface area contributed by atoms with Gasteiger partial charge in [-0.15, -0.1) is 0 Å². The summed E-state index contributed by atoms with van der Waals surface area (Å²) in [5.74, 6) is 0.994. The number of hydrogen-bond acceptors (Lipinski definition) is 6. The molecule has 0 N–H and O–H groups in total. The Morgan fingerprint density at radius 3 is 1.58 bits per heavy atom. The van der Waals surface area contributed by atoms with Crippen LogP contribution < -0.4 is 0 Å². The van der Waals surface area contributed by atoms with Gasteiger partial charge in [0.25, 0.3) is 0 Å². The van der Waals surface area contributed by atoms with Crippen LogP contribution in [0.3, 0.4) is 0 Å². The minimum absolute atomic E-state index is 0.148. The van der Waals surface area contributed by atoms with Crippen molar-refractivity contribution in [2.24, 2.45) is 0 Å². The van der Waals surface area contributed by atoms with Gasteiger partial charge in [0.2, 0.25) is 0 Å². The molecule has 0 aromatic heterocycles. The SMILES string of the molecule is CCOP(=O)(/C=C(/Cl)P(=O)(OCC)OCC)OCC. The van der Waals surface area contributed by atoms with E-state index >= 15 is 0 Å². The first-order valence-corrected chi connectivity index (χ1v) is 9.57. The molecule has 0 atom stereocenters. The lowest BCUT2D eigenvalue weighted by molar-refractivity contribution is 0.224. The largest absolute Gasteiger partial charge is 0.372 e. The van der Waals surface area contributed by atoms with Crippen LogP contribution in [0.4, 0.5) is 0 Å². The molecule has 0 saturated carbocycles. The summed E-state index contributed by atoms with van der Waals surface area (Å²) in [5, 5.41) is 0. The first kappa shape index (κ1) is 19.3. The molecular weight excluding hydrogens is 314 g/mol. The molecule has 6 nitrogen and oxygen atoms in total. The summed E-state index contributed by atoms with van der Waals surface area (Å²) in [6, 6.07) is 0. The van der Waals surface area contributed by atoms with E-state index in [2.05, 4.69) is 0 Å². The van der Waals surface area contributed by atoms with Crippen LogP contribution >= 0.6 is 26.8 Å². The summed E-state index contributed by atoms with van der Waals surface area (Å²) in [6.45, 7) is 7.28. The van der Waals surface area contributed by atoms with Crippen molar-refractivity contribution in [2.75, 3.05) is 26.4 Å². The third-order valence-electron chi connectivity index (χ3n) is 1.74. The van der Waals surface area contributed by atoms with Gasteiger partial charge in [-0.1, -0.05) is 11.6 Å². The van der Waals surface area contributed by atoms with E-state index in [1.807, 2.05) is 0 Å². The van der Waals surface area contributed by atoms with Gasteiger partial charge in [-0.25, -0.2) is 0 Å². The first-order valence-electron chi connectivity index (χ1n) is 6.04. The summed E-state index contributed by atoms with van der Waals surface area (Å²) in [5.41, 5.74) is 0. The Hall–Kier alpha value is 0.330. The van der Waals surface area contributed by atoms with Crippen molar-refractivity contribution < 1.29 is 27.2 Å².